The third-order valence-electron chi connectivity index (χ3n) is 2.74. The van der Waals surface area contributed by atoms with E-state index in [1.807, 2.05) is 7.05 Å². The number of aromatic nitrogens is 1. The molecule has 0 aliphatic rings. The Kier molecular flexibility index (Phi) is 4.74. The lowest BCUT2D eigenvalue weighted by Crippen LogP contribution is -2.15. The van der Waals surface area contributed by atoms with E-state index >= 15 is 0 Å². The smallest absolute Gasteiger partial charge is 0.185 e. The van der Waals surface area contributed by atoms with E-state index in [-0.39, 0.29) is 0 Å². The van der Waals surface area contributed by atoms with Crippen molar-refractivity contribution in [1.82, 2.24) is 10.3 Å². The highest BCUT2D eigenvalue weighted by Gasteiger charge is 2.12. The summed E-state index contributed by atoms with van der Waals surface area (Å²) < 4.78 is 0. The van der Waals surface area contributed by atoms with Crippen LogP contribution in [-0.2, 0) is 19.5 Å². The molecule has 0 aliphatic carbocycles. The third-order valence-corrected chi connectivity index (χ3v) is 4.81. The topological polar surface area (TPSA) is 28.2 Å². The van der Waals surface area contributed by atoms with E-state index < -0.39 is 0 Å². The molecule has 5 heteroatoms. The first-order chi connectivity index (χ1) is 8.74. The number of nitrogens with zero attached hydrogens (tertiary/aromatic N) is 2. The Morgan fingerprint density at radius 2 is 2.28 bits per heavy atom. The Bertz CT molecular complexity index is 476. The maximum atomic E-state index is 4.74. The Morgan fingerprint density at radius 3 is 2.89 bits per heavy atom. The molecule has 98 valence electrons. The summed E-state index contributed by atoms with van der Waals surface area (Å²) in [5, 5.41) is 6.45. The van der Waals surface area contributed by atoms with Crippen molar-refractivity contribution >= 4 is 27.8 Å². The van der Waals surface area contributed by atoms with Gasteiger partial charge in [0.15, 0.2) is 5.13 Å². The molecular weight excluding hydrogens is 262 g/mol. The number of thiophene rings is 1. The monoisotopic (exact) mass is 281 g/mol. The maximum Gasteiger partial charge on any atom is 0.185 e. The molecule has 0 spiro atoms. The maximum absolute atomic E-state index is 4.74. The van der Waals surface area contributed by atoms with Crippen LogP contribution in [0.25, 0.3) is 0 Å². The molecule has 2 heterocycles. The summed E-state index contributed by atoms with van der Waals surface area (Å²) in [5.74, 6) is 0. The van der Waals surface area contributed by atoms with Gasteiger partial charge in [0.25, 0.3) is 0 Å². The van der Waals surface area contributed by atoms with Crippen molar-refractivity contribution in [3.63, 3.8) is 0 Å². The summed E-state index contributed by atoms with van der Waals surface area (Å²) in [6.07, 6.45) is 1.00. The van der Waals surface area contributed by atoms with E-state index in [1.54, 1.807) is 22.7 Å². The average molecular weight is 281 g/mol. The lowest BCUT2D eigenvalue weighted by Gasteiger charge is -2.14. The number of hydrogen-bond donors (Lipinski definition) is 1. The van der Waals surface area contributed by atoms with Crippen molar-refractivity contribution in [3.05, 3.63) is 33.0 Å². The van der Waals surface area contributed by atoms with Crippen LogP contribution in [0.3, 0.4) is 0 Å². The van der Waals surface area contributed by atoms with Gasteiger partial charge >= 0.3 is 0 Å². The number of nitrogens with one attached hydrogen (secondary N) is 1. The van der Waals surface area contributed by atoms with E-state index in [1.165, 1.54) is 15.4 Å². The van der Waals surface area contributed by atoms with Crippen molar-refractivity contribution < 1.29 is 0 Å². The minimum atomic E-state index is 0.910. The Balaban J connectivity index is 2.12. The highest BCUT2D eigenvalue weighted by atomic mass is 32.1. The number of rotatable bonds is 6. The normalized spacial score (nSPS) is 10.8. The van der Waals surface area contributed by atoms with Gasteiger partial charge in [0.2, 0.25) is 0 Å². The molecule has 0 amide bonds. The molecule has 2 aromatic rings. The molecule has 0 radical (unpaired) electrons. The lowest BCUT2D eigenvalue weighted by atomic mass is 10.3. The predicted molar refractivity (Wildman–Crippen MR) is 80.7 cm³/mol. The van der Waals surface area contributed by atoms with Crippen LogP contribution in [0.2, 0.25) is 0 Å². The zero-order chi connectivity index (χ0) is 13.0. The van der Waals surface area contributed by atoms with Crippen LogP contribution >= 0.6 is 22.7 Å². The van der Waals surface area contributed by atoms with Gasteiger partial charge in [-0.15, -0.1) is 22.7 Å². The molecule has 0 saturated heterocycles. The zero-order valence-electron chi connectivity index (χ0n) is 11.1. The molecule has 2 rings (SSSR count). The first-order valence-electron chi connectivity index (χ1n) is 6.11. The summed E-state index contributed by atoms with van der Waals surface area (Å²) in [4.78, 5) is 9.70. The van der Waals surface area contributed by atoms with Crippen LogP contribution in [0.4, 0.5) is 5.13 Å². The Morgan fingerprint density at radius 1 is 1.44 bits per heavy atom. The quantitative estimate of drug-likeness (QED) is 0.882. The van der Waals surface area contributed by atoms with Gasteiger partial charge in [-0.3, -0.25) is 0 Å². The lowest BCUT2D eigenvalue weighted by molar-refractivity contribution is 0.813. The van der Waals surface area contributed by atoms with Gasteiger partial charge in [-0.25, -0.2) is 4.98 Å². The minimum Gasteiger partial charge on any atom is -0.346 e. The highest BCUT2D eigenvalue weighted by Crippen LogP contribution is 2.27. The van der Waals surface area contributed by atoms with Gasteiger partial charge in [-0.05, 0) is 24.9 Å². The molecule has 0 aromatic carbocycles. The van der Waals surface area contributed by atoms with Crippen LogP contribution in [0, 0.1) is 0 Å². The second-order valence-electron chi connectivity index (χ2n) is 4.19. The minimum absolute atomic E-state index is 0.910. The standard InChI is InChI=1S/C13H19N3S2/c1-4-11-12(8-14-2)18-13(15-11)16(3)9-10-6-5-7-17-10/h5-7,14H,4,8-9H2,1-3H3. The van der Waals surface area contributed by atoms with Gasteiger partial charge in [-0.1, -0.05) is 13.0 Å². The van der Waals surface area contributed by atoms with Gasteiger partial charge in [0.1, 0.15) is 0 Å². The first-order valence-corrected chi connectivity index (χ1v) is 7.81. The summed E-state index contributed by atoms with van der Waals surface area (Å²) in [7, 11) is 4.09. The summed E-state index contributed by atoms with van der Waals surface area (Å²) in [5.41, 5.74) is 1.22. The van der Waals surface area contributed by atoms with E-state index in [9.17, 15) is 0 Å². The predicted octanol–water partition coefficient (Wildman–Crippen LogP) is 3.12. The number of thiazole rings is 1. The fourth-order valence-corrected chi connectivity index (χ4v) is 3.69. The highest BCUT2D eigenvalue weighted by molar-refractivity contribution is 7.15. The molecule has 18 heavy (non-hydrogen) atoms. The Labute approximate surface area is 116 Å². The van der Waals surface area contributed by atoms with E-state index in [0.717, 1.165) is 24.6 Å². The molecule has 0 bridgehead atoms. The second kappa shape index (κ2) is 6.31. The molecule has 0 aliphatic heterocycles. The number of aryl methyl sites for hydroxylation is 1. The van der Waals surface area contributed by atoms with Gasteiger partial charge in [-0.2, -0.15) is 0 Å². The van der Waals surface area contributed by atoms with Crippen LogP contribution in [-0.4, -0.2) is 19.1 Å². The van der Waals surface area contributed by atoms with Crippen LogP contribution in [0.5, 0.6) is 0 Å². The fourth-order valence-electron chi connectivity index (χ4n) is 1.81. The average Bonchev–Trinajstić information content (AvgIpc) is 2.98. The molecular formula is C13H19N3S2. The molecule has 0 atom stereocenters. The van der Waals surface area contributed by atoms with Crippen LogP contribution in [0.15, 0.2) is 17.5 Å². The second-order valence-corrected chi connectivity index (χ2v) is 6.28. The van der Waals surface area contributed by atoms with Gasteiger partial charge < -0.3 is 10.2 Å². The van der Waals surface area contributed by atoms with Crippen molar-refractivity contribution in [2.75, 3.05) is 19.0 Å². The molecule has 0 unspecified atom stereocenters. The zero-order valence-corrected chi connectivity index (χ0v) is 12.7. The summed E-state index contributed by atoms with van der Waals surface area (Å²) >= 11 is 3.59. The molecule has 0 saturated carbocycles. The van der Waals surface area contributed by atoms with Crippen molar-refractivity contribution in [1.29, 1.82) is 0 Å². The van der Waals surface area contributed by atoms with Crippen molar-refractivity contribution in [3.8, 4) is 0 Å². The summed E-state index contributed by atoms with van der Waals surface area (Å²) in [6.45, 7) is 4.01. The van der Waals surface area contributed by atoms with E-state index in [2.05, 4.69) is 41.7 Å². The van der Waals surface area contributed by atoms with E-state index in [0.29, 0.717) is 0 Å². The van der Waals surface area contributed by atoms with E-state index in [4.69, 9.17) is 4.98 Å². The van der Waals surface area contributed by atoms with Crippen molar-refractivity contribution in [2.45, 2.75) is 26.4 Å². The summed E-state index contributed by atoms with van der Waals surface area (Å²) in [6, 6.07) is 4.27. The third kappa shape index (κ3) is 3.10. The molecule has 2 aromatic heterocycles. The largest absolute Gasteiger partial charge is 0.346 e. The van der Waals surface area contributed by atoms with Crippen molar-refractivity contribution in [2.24, 2.45) is 0 Å². The fraction of sp³-hybridized carbons (Fsp3) is 0.462. The van der Waals surface area contributed by atoms with Crippen LogP contribution < -0.4 is 10.2 Å². The van der Waals surface area contributed by atoms with Gasteiger partial charge in [0, 0.05) is 23.3 Å². The number of hydrogen-bond acceptors (Lipinski definition) is 5. The molecule has 0 fully saturated rings. The first kappa shape index (κ1) is 13.5. The molecule has 3 nitrogen and oxygen atoms in total. The SMILES string of the molecule is CCc1nc(N(C)Cc2cccs2)sc1CNC. The molecule has 1 N–H and O–H groups in total. The Hall–Kier alpha value is -0.910. The van der Waals surface area contributed by atoms with Gasteiger partial charge in [0.05, 0.1) is 12.2 Å². The number of anilines is 1. The van der Waals surface area contributed by atoms with Crippen LogP contribution in [0.1, 0.15) is 22.4 Å².